The summed E-state index contributed by atoms with van der Waals surface area (Å²) in [5.74, 6) is 0.873. The number of hydrogen-bond acceptors (Lipinski definition) is 7. The molecule has 0 amide bonds. The molecule has 1 heterocycles. The molecule has 0 aliphatic carbocycles. The van der Waals surface area contributed by atoms with Gasteiger partial charge >= 0.3 is 0 Å². The smallest absolute Gasteiger partial charge is 0.242 e. The normalized spacial score (nSPS) is 12.2. The van der Waals surface area contributed by atoms with Gasteiger partial charge in [0.05, 0.1) is 19.8 Å². The van der Waals surface area contributed by atoms with E-state index in [1.807, 2.05) is 0 Å². The molecule has 0 aliphatic heterocycles. The molecule has 0 fully saturated rings. The van der Waals surface area contributed by atoms with Gasteiger partial charge in [0.2, 0.25) is 5.88 Å². The summed E-state index contributed by atoms with van der Waals surface area (Å²) < 4.78 is 15.2. The van der Waals surface area contributed by atoms with Gasteiger partial charge in [-0.1, -0.05) is 0 Å². The number of nitrogens with zero attached hydrogens (tertiary/aromatic N) is 2. The number of nitrogens with two attached hydrogens (primary N) is 1. The number of hydrogen-bond donors (Lipinski definition) is 2. The molecular formula is C10H18N4O3. The minimum atomic E-state index is -0.0691. The average Bonchev–Trinajstić information content (AvgIpc) is 2.36. The summed E-state index contributed by atoms with van der Waals surface area (Å²) in [5, 5.41) is 3.06. The highest BCUT2D eigenvalue weighted by molar-refractivity contribution is 5.66. The molecular weight excluding hydrogens is 224 g/mol. The van der Waals surface area contributed by atoms with E-state index in [0.29, 0.717) is 30.5 Å². The zero-order chi connectivity index (χ0) is 12.7. The fourth-order valence-electron chi connectivity index (χ4n) is 1.29. The van der Waals surface area contributed by atoms with E-state index in [4.69, 9.17) is 19.9 Å². The number of nitrogen functional groups attached to an aromatic ring is 1. The molecule has 1 rings (SSSR count). The standard InChI is InChI=1S/C10H18N4O3/c1-15-5-7(16-2)4-12-9-8(11)10(17-3)14-6-13-9/h6-7H,4-5,11H2,1-3H3,(H,12,13,14). The lowest BCUT2D eigenvalue weighted by Crippen LogP contribution is -2.27. The number of nitrogens with one attached hydrogen (secondary N) is 1. The fourth-order valence-corrected chi connectivity index (χ4v) is 1.29. The first-order valence-corrected chi connectivity index (χ1v) is 5.13. The van der Waals surface area contributed by atoms with Crippen molar-refractivity contribution in [3.8, 4) is 5.88 Å². The third-order valence-electron chi connectivity index (χ3n) is 2.22. The Morgan fingerprint density at radius 1 is 1.35 bits per heavy atom. The number of rotatable bonds is 7. The zero-order valence-corrected chi connectivity index (χ0v) is 10.3. The molecule has 1 aromatic rings. The van der Waals surface area contributed by atoms with Gasteiger partial charge in [-0.05, 0) is 0 Å². The van der Waals surface area contributed by atoms with Crippen molar-refractivity contribution < 1.29 is 14.2 Å². The zero-order valence-electron chi connectivity index (χ0n) is 10.3. The third-order valence-corrected chi connectivity index (χ3v) is 2.22. The molecule has 7 heteroatoms. The predicted octanol–water partition coefficient (Wildman–Crippen LogP) is 0.141. The van der Waals surface area contributed by atoms with Crippen LogP contribution >= 0.6 is 0 Å². The van der Waals surface area contributed by atoms with Crippen molar-refractivity contribution in [3.05, 3.63) is 6.33 Å². The maximum atomic E-state index is 5.81. The molecule has 0 aromatic carbocycles. The molecule has 1 unspecified atom stereocenters. The van der Waals surface area contributed by atoms with Crippen LogP contribution in [-0.4, -0.2) is 50.6 Å². The highest BCUT2D eigenvalue weighted by atomic mass is 16.5. The second-order valence-electron chi connectivity index (χ2n) is 3.34. The van der Waals surface area contributed by atoms with E-state index in [1.165, 1.54) is 13.4 Å². The highest BCUT2D eigenvalue weighted by Crippen LogP contribution is 2.23. The SMILES string of the molecule is COCC(CNc1ncnc(OC)c1N)OC. The van der Waals surface area contributed by atoms with Crippen molar-refractivity contribution in [2.45, 2.75) is 6.10 Å². The van der Waals surface area contributed by atoms with Gasteiger partial charge in [-0.25, -0.2) is 4.98 Å². The van der Waals surface area contributed by atoms with Crippen molar-refractivity contribution in [1.29, 1.82) is 0 Å². The Labute approximate surface area is 100 Å². The summed E-state index contributed by atoms with van der Waals surface area (Å²) in [6.07, 6.45) is 1.32. The molecule has 1 aromatic heterocycles. The van der Waals surface area contributed by atoms with Crippen LogP contribution in [0.1, 0.15) is 0 Å². The highest BCUT2D eigenvalue weighted by Gasteiger charge is 2.11. The van der Waals surface area contributed by atoms with E-state index in [0.717, 1.165) is 0 Å². The lowest BCUT2D eigenvalue weighted by atomic mass is 10.3. The number of aromatic nitrogens is 2. The first-order chi connectivity index (χ1) is 8.22. The van der Waals surface area contributed by atoms with E-state index >= 15 is 0 Å². The van der Waals surface area contributed by atoms with Crippen molar-refractivity contribution in [2.24, 2.45) is 0 Å². The summed E-state index contributed by atoms with van der Waals surface area (Å²) in [4.78, 5) is 7.92. The summed E-state index contributed by atoms with van der Waals surface area (Å²) >= 11 is 0. The van der Waals surface area contributed by atoms with E-state index in [2.05, 4.69) is 15.3 Å². The Morgan fingerprint density at radius 3 is 2.71 bits per heavy atom. The quantitative estimate of drug-likeness (QED) is 0.702. The van der Waals surface area contributed by atoms with Crippen LogP contribution in [0, 0.1) is 0 Å². The Kier molecular flexibility index (Phi) is 5.44. The second-order valence-corrected chi connectivity index (χ2v) is 3.34. The van der Waals surface area contributed by atoms with Gasteiger partial charge < -0.3 is 25.3 Å². The molecule has 0 aliphatic rings. The van der Waals surface area contributed by atoms with E-state index in [1.54, 1.807) is 14.2 Å². The van der Waals surface area contributed by atoms with Crippen molar-refractivity contribution in [2.75, 3.05) is 45.5 Å². The van der Waals surface area contributed by atoms with Gasteiger partial charge in [-0.3, -0.25) is 0 Å². The molecule has 1 atom stereocenters. The van der Waals surface area contributed by atoms with Gasteiger partial charge in [0.15, 0.2) is 5.82 Å². The summed E-state index contributed by atoms with van der Waals surface area (Å²) in [5.41, 5.74) is 6.19. The van der Waals surface area contributed by atoms with Crippen molar-refractivity contribution in [3.63, 3.8) is 0 Å². The van der Waals surface area contributed by atoms with E-state index < -0.39 is 0 Å². The minimum Gasteiger partial charge on any atom is -0.479 e. The largest absolute Gasteiger partial charge is 0.479 e. The number of methoxy groups -OCH3 is 3. The van der Waals surface area contributed by atoms with Crippen LogP contribution in [0.4, 0.5) is 11.5 Å². The van der Waals surface area contributed by atoms with Crippen LogP contribution in [0.25, 0.3) is 0 Å². The van der Waals surface area contributed by atoms with Gasteiger partial charge in [-0.15, -0.1) is 0 Å². The Hall–Kier alpha value is -1.60. The van der Waals surface area contributed by atoms with Gasteiger partial charge in [-0.2, -0.15) is 4.98 Å². The van der Waals surface area contributed by atoms with Crippen LogP contribution in [0.2, 0.25) is 0 Å². The fraction of sp³-hybridized carbons (Fsp3) is 0.600. The summed E-state index contributed by atoms with van der Waals surface area (Å²) in [7, 11) is 4.74. The lowest BCUT2D eigenvalue weighted by Gasteiger charge is -2.16. The molecule has 3 N–H and O–H groups in total. The topological polar surface area (TPSA) is 91.5 Å². The van der Waals surface area contributed by atoms with E-state index in [-0.39, 0.29) is 6.10 Å². The molecule has 0 radical (unpaired) electrons. The van der Waals surface area contributed by atoms with Crippen molar-refractivity contribution >= 4 is 11.5 Å². The van der Waals surface area contributed by atoms with Gasteiger partial charge in [0, 0.05) is 20.8 Å². The van der Waals surface area contributed by atoms with Gasteiger partial charge in [0.1, 0.15) is 12.0 Å². The first kappa shape index (κ1) is 13.5. The third kappa shape index (κ3) is 3.72. The average molecular weight is 242 g/mol. The molecule has 0 bridgehead atoms. The maximum absolute atomic E-state index is 5.81. The molecule has 7 nitrogen and oxygen atoms in total. The Morgan fingerprint density at radius 2 is 2.12 bits per heavy atom. The molecule has 17 heavy (non-hydrogen) atoms. The van der Waals surface area contributed by atoms with Crippen LogP contribution < -0.4 is 15.8 Å². The summed E-state index contributed by atoms with van der Waals surface area (Å²) in [6.45, 7) is 1.03. The van der Waals surface area contributed by atoms with Crippen molar-refractivity contribution in [1.82, 2.24) is 9.97 Å². The number of anilines is 2. The first-order valence-electron chi connectivity index (χ1n) is 5.13. The minimum absolute atomic E-state index is 0.0691. The van der Waals surface area contributed by atoms with E-state index in [9.17, 15) is 0 Å². The monoisotopic (exact) mass is 242 g/mol. The predicted molar refractivity (Wildman–Crippen MR) is 64.2 cm³/mol. The molecule has 96 valence electrons. The summed E-state index contributed by atoms with van der Waals surface area (Å²) in [6, 6.07) is 0. The molecule has 0 saturated heterocycles. The maximum Gasteiger partial charge on any atom is 0.242 e. The van der Waals surface area contributed by atoms with Crippen LogP contribution in [0.5, 0.6) is 5.88 Å². The Balaban J connectivity index is 2.62. The second kappa shape index (κ2) is 6.87. The van der Waals surface area contributed by atoms with Crippen LogP contribution in [0.15, 0.2) is 6.33 Å². The van der Waals surface area contributed by atoms with Crippen LogP contribution in [0.3, 0.4) is 0 Å². The Bertz CT molecular complexity index is 348. The number of ether oxygens (including phenoxy) is 3. The molecule has 0 saturated carbocycles. The lowest BCUT2D eigenvalue weighted by molar-refractivity contribution is 0.0365. The molecule has 0 spiro atoms. The van der Waals surface area contributed by atoms with Gasteiger partial charge in [0.25, 0.3) is 0 Å². The van der Waals surface area contributed by atoms with Crippen LogP contribution in [-0.2, 0) is 9.47 Å².